The van der Waals surface area contributed by atoms with E-state index in [0.717, 1.165) is 17.0 Å². The van der Waals surface area contributed by atoms with Crippen molar-refractivity contribution in [2.75, 3.05) is 14.2 Å². The highest BCUT2D eigenvalue weighted by Gasteiger charge is 2.12. The number of methoxy groups -OCH3 is 2. The molecule has 3 aromatic rings. The zero-order valence-electron chi connectivity index (χ0n) is 13.8. The molecule has 0 aliphatic carbocycles. The second-order valence-corrected chi connectivity index (χ2v) is 5.55. The van der Waals surface area contributed by atoms with E-state index in [4.69, 9.17) is 25.8 Å². The Balaban J connectivity index is 1.99. The van der Waals surface area contributed by atoms with E-state index in [-0.39, 0.29) is 0 Å². The molecule has 0 atom stereocenters. The van der Waals surface area contributed by atoms with Gasteiger partial charge in [-0.1, -0.05) is 11.6 Å². The molecule has 0 radical (unpaired) electrons. The first-order valence-corrected chi connectivity index (χ1v) is 7.92. The van der Waals surface area contributed by atoms with Gasteiger partial charge in [-0.3, -0.25) is 0 Å². The fourth-order valence-electron chi connectivity index (χ4n) is 2.32. The first kappa shape index (κ1) is 16.9. The average Bonchev–Trinajstić information content (AvgIpc) is 3.17. The Labute approximate surface area is 151 Å². The van der Waals surface area contributed by atoms with E-state index in [9.17, 15) is 0 Å². The van der Waals surface area contributed by atoms with Gasteiger partial charge in [-0.2, -0.15) is 0 Å². The molecule has 1 heterocycles. The van der Waals surface area contributed by atoms with E-state index in [1.165, 1.54) is 0 Å². The lowest BCUT2D eigenvalue weighted by molar-refractivity contribution is 0.411. The van der Waals surface area contributed by atoms with Gasteiger partial charge in [0.1, 0.15) is 23.5 Å². The molecule has 3 rings (SSSR count). The highest BCUT2D eigenvalue weighted by molar-refractivity contribution is 6.30. The molecule has 6 heteroatoms. The summed E-state index contributed by atoms with van der Waals surface area (Å²) < 4.78 is 18.3. The SMILES string of the molecule is COc1ccc(O/C=C(/c2cc(Cl)ccc2OC)n2ccnc2)cc1. The zero-order valence-corrected chi connectivity index (χ0v) is 14.6. The lowest BCUT2D eigenvalue weighted by Crippen LogP contribution is -2.01. The normalized spacial score (nSPS) is 11.2. The summed E-state index contributed by atoms with van der Waals surface area (Å²) in [5.74, 6) is 2.13. The molecule has 0 saturated heterocycles. The predicted molar refractivity (Wildman–Crippen MR) is 97.2 cm³/mol. The van der Waals surface area contributed by atoms with Crippen LogP contribution in [0.4, 0.5) is 0 Å². The van der Waals surface area contributed by atoms with Gasteiger partial charge in [-0.25, -0.2) is 4.98 Å². The molecule has 25 heavy (non-hydrogen) atoms. The van der Waals surface area contributed by atoms with E-state index in [1.54, 1.807) is 39.1 Å². The monoisotopic (exact) mass is 356 g/mol. The zero-order chi connectivity index (χ0) is 17.6. The van der Waals surface area contributed by atoms with Gasteiger partial charge in [-0.05, 0) is 42.5 Å². The van der Waals surface area contributed by atoms with Gasteiger partial charge < -0.3 is 18.8 Å². The Morgan fingerprint density at radius 1 is 1.04 bits per heavy atom. The van der Waals surface area contributed by atoms with E-state index in [2.05, 4.69) is 4.98 Å². The lowest BCUT2D eigenvalue weighted by Gasteiger charge is -2.14. The molecule has 0 N–H and O–H groups in total. The molecule has 0 spiro atoms. The van der Waals surface area contributed by atoms with Crippen molar-refractivity contribution in [2.45, 2.75) is 0 Å². The number of halogens is 1. The second kappa shape index (κ2) is 7.77. The molecule has 5 nitrogen and oxygen atoms in total. The Bertz CT molecular complexity index is 859. The van der Waals surface area contributed by atoms with Crippen LogP contribution in [-0.2, 0) is 0 Å². The third-order valence-electron chi connectivity index (χ3n) is 3.59. The summed E-state index contributed by atoms with van der Waals surface area (Å²) in [6, 6.07) is 12.7. The van der Waals surface area contributed by atoms with Crippen LogP contribution in [0.2, 0.25) is 5.02 Å². The third kappa shape index (κ3) is 3.95. The number of aromatic nitrogens is 2. The topological polar surface area (TPSA) is 45.5 Å². The first-order chi connectivity index (χ1) is 12.2. The molecule has 128 valence electrons. The summed E-state index contributed by atoms with van der Waals surface area (Å²) in [7, 11) is 3.24. The van der Waals surface area contributed by atoms with Crippen molar-refractivity contribution in [1.29, 1.82) is 0 Å². The first-order valence-electron chi connectivity index (χ1n) is 7.54. The average molecular weight is 357 g/mol. The van der Waals surface area contributed by atoms with Crippen molar-refractivity contribution >= 4 is 17.3 Å². The van der Waals surface area contributed by atoms with Crippen LogP contribution in [0.5, 0.6) is 17.2 Å². The Morgan fingerprint density at radius 3 is 2.44 bits per heavy atom. The minimum absolute atomic E-state index is 0.603. The molecule has 0 aliphatic rings. The quantitative estimate of drug-likeness (QED) is 0.611. The second-order valence-electron chi connectivity index (χ2n) is 5.11. The smallest absolute Gasteiger partial charge is 0.128 e. The molecule has 0 unspecified atom stereocenters. The van der Waals surface area contributed by atoms with Crippen LogP contribution in [0, 0.1) is 0 Å². The van der Waals surface area contributed by atoms with Crippen molar-refractivity contribution in [3.05, 3.63) is 78.0 Å². The summed E-state index contributed by atoms with van der Waals surface area (Å²) >= 11 is 6.17. The highest BCUT2D eigenvalue weighted by atomic mass is 35.5. The molecule has 0 fully saturated rings. The fourth-order valence-corrected chi connectivity index (χ4v) is 2.50. The largest absolute Gasteiger partial charge is 0.497 e. The summed E-state index contributed by atoms with van der Waals surface area (Å²) in [4.78, 5) is 4.10. The standard InChI is InChI=1S/C19H17ClN2O3/c1-23-15-4-6-16(7-5-15)25-12-18(22-10-9-21-13-22)17-11-14(20)3-8-19(17)24-2/h3-13H,1-2H3/b18-12-. The molecular formula is C19H17ClN2O3. The van der Waals surface area contributed by atoms with Crippen molar-refractivity contribution in [3.8, 4) is 17.2 Å². The molecule has 2 aromatic carbocycles. The van der Waals surface area contributed by atoms with Crippen LogP contribution >= 0.6 is 11.6 Å². The summed E-state index contributed by atoms with van der Waals surface area (Å²) in [6.07, 6.45) is 6.84. The van der Waals surface area contributed by atoms with E-state index in [0.29, 0.717) is 16.5 Å². The Morgan fingerprint density at radius 2 is 1.80 bits per heavy atom. The van der Waals surface area contributed by atoms with E-state index >= 15 is 0 Å². The third-order valence-corrected chi connectivity index (χ3v) is 3.82. The van der Waals surface area contributed by atoms with Gasteiger partial charge in [0.2, 0.25) is 0 Å². The molecule has 0 saturated carbocycles. The Hall–Kier alpha value is -2.92. The maximum atomic E-state index is 6.17. The summed E-state index contributed by atoms with van der Waals surface area (Å²) in [6.45, 7) is 0. The number of hydrogen-bond donors (Lipinski definition) is 0. The maximum absolute atomic E-state index is 6.17. The van der Waals surface area contributed by atoms with Gasteiger partial charge in [0.15, 0.2) is 0 Å². The van der Waals surface area contributed by atoms with Crippen molar-refractivity contribution in [1.82, 2.24) is 9.55 Å². The maximum Gasteiger partial charge on any atom is 0.128 e. The lowest BCUT2D eigenvalue weighted by atomic mass is 10.1. The molecular weight excluding hydrogens is 340 g/mol. The van der Waals surface area contributed by atoms with Crippen LogP contribution in [0.3, 0.4) is 0 Å². The van der Waals surface area contributed by atoms with Crippen LogP contribution in [0.25, 0.3) is 5.70 Å². The molecule has 1 aromatic heterocycles. The van der Waals surface area contributed by atoms with Crippen LogP contribution < -0.4 is 14.2 Å². The number of nitrogens with zero attached hydrogens (tertiary/aromatic N) is 2. The van der Waals surface area contributed by atoms with Gasteiger partial charge in [0, 0.05) is 23.0 Å². The Kier molecular flexibility index (Phi) is 5.26. The highest BCUT2D eigenvalue weighted by Crippen LogP contribution is 2.30. The predicted octanol–water partition coefficient (Wildman–Crippen LogP) is 4.48. The number of benzene rings is 2. The van der Waals surface area contributed by atoms with E-state index in [1.807, 2.05) is 47.2 Å². The minimum Gasteiger partial charge on any atom is -0.497 e. The molecule has 0 aliphatic heterocycles. The van der Waals surface area contributed by atoms with Crippen molar-refractivity contribution < 1.29 is 14.2 Å². The summed E-state index contributed by atoms with van der Waals surface area (Å²) in [5.41, 5.74) is 1.54. The van der Waals surface area contributed by atoms with Crippen LogP contribution in [0.15, 0.2) is 67.4 Å². The summed E-state index contributed by atoms with van der Waals surface area (Å²) in [5, 5.41) is 0.603. The van der Waals surface area contributed by atoms with Gasteiger partial charge >= 0.3 is 0 Å². The fraction of sp³-hybridized carbons (Fsp3) is 0.105. The number of ether oxygens (including phenoxy) is 3. The van der Waals surface area contributed by atoms with Crippen LogP contribution in [-0.4, -0.2) is 23.8 Å². The van der Waals surface area contributed by atoms with Crippen LogP contribution in [0.1, 0.15) is 5.56 Å². The van der Waals surface area contributed by atoms with Crippen molar-refractivity contribution in [3.63, 3.8) is 0 Å². The number of hydrogen-bond acceptors (Lipinski definition) is 4. The minimum atomic E-state index is 0.603. The molecule has 0 bridgehead atoms. The number of imidazole rings is 1. The number of rotatable bonds is 6. The molecule has 0 amide bonds. The van der Waals surface area contributed by atoms with Gasteiger partial charge in [0.25, 0.3) is 0 Å². The van der Waals surface area contributed by atoms with Gasteiger partial charge in [-0.15, -0.1) is 0 Å². The van der Waals surface area contributed by atoms with E-state index < -0.39 is 0 Å². The van der Waals surface area contributed by atoms with Gasteiger partial charge in [0.05, 0.1) is 26.2 Å². The van der Waals surface area contributed by atoms with Crippen molar-refractivity contribution in [2.24, 2.45) is 0 Å².